The minimum Gasteiger partial charge on any atom is -0.342 e. The van der Waals surface area contributed by atoms with Crippen LogP contribution in [-0.2, 0) is 20.3 Å². The SMILES string of the molecule is CC1CCN(C(=O)Cc2ccc(S(=O)(=O)Cl)s2)CC1C. The summed E-state index contributed by atoms with van der Waals surface area (Å²) in [5.41, 5.74) is 0. The average Bonchev–Trinajstić information content (AvgIpc) is 2.81. The maximum atomic E-state index is 12.2. The molecule has 2 rings (SSSR count). The van der Waals surface area contributed by atoms with E-state index in [0.717, 1.165) is 35.7 Å². The molecular weight excluding hydrogens is 318 g/mol. The van der Waals surface area contributed by atoms with Gasteiger partial charge in [0.15, 0.2) is 0 Å². The Kier molecular flexibility index (Phi) is 4.76. The van der Waals surface area contributed by atoms with Gasteiger partial charge in [0.05, 0.1) is 6.42 Å². The first-order valence-corrected chi connectivity index (χ1v) is 9.71. The summed E-state index contributed by atoms with van der Waals surface area (Å²) in [5, 5.41) is 0. The van der Waals surface area contributed by atoms with Crippen molar-refractivity contribution in [3.05, 3.63) is 17.0 Å². The van der Waals surface area contributed by atoms with Gasteiger partial charge in [0.2, 0.25) is 5.91 Å². The monoisotopic (exact) mass is 335 g/mol. The number of nitrogens with zero attached hydrogens (tertiary/aromatic N) is 1. The van der Waals surface area contributed by atoms with Crippen molar-refractivity contribution >= 4 is 37.0 Å². The van der Waals surface area contributed by atoms with Gasteiger partial charge in [0.1, 0.15) is 4.21 Å². The van der Waals surface area contributed by atoms with Crippen molar-refractivity contribution in [2.75, 3.05) is 13.1 Å². The van der Waals surface area contributed by atoms with Crippen LogP contribution in [0.15, 0.2) is 16.3 Å². The van der Waals surface area contributed by atoms with Crippen molar-refractivity contribution in [3.63, 3.8) is 0 Å². The van der Waals surface area contributed by atoms with Crippen LogP contribution in [0.25, 0.3) is 0 Å². The van der Waals surface area contributed by atoms with Crippen LogP contribution < -0.4 is 0 Å². The predicted molar refractivity (Wildman–Crippen MR) is 80.6 cm³/mol. The van der Waals surface area contributed by atoms with E-state index in [1.54, 1.807) is 6.07 Å². The molecule has 0 bridgehead atoms. The van der Waals surface area contributed by atoms with Gasteiger partial charge < -0.3 is 4.90 Å². The lowest BCUT2D eigenvalue weighted by atomic mass is 9.88. The van der Waals surface area contributed by atoms with Gasteiger partial charge in [-0.2, -0.15) is 0 Å². The summed E-state index contributed by atoms with van der Waals surface area (Å²) in [6.45, 7) is 5.94. The first-order valence-electron chi connectivity index (χ1n) is 6.58. The van der Waals surface area contributed by atoms with Crippen LogP contribution in [0, 0.1) is 11.8 Å². The summed E-state index contributed by atoms with van der Waals surface area (Å²) in [7, 11) is 1.59. The summed E-state index contributed by atoms with van der Waals surface area (Å²) in [6.07, 6.45) is 1.27. The van der Waals surface area contributed by atoms with Crippen molar-refractivity contribution in [1.82, 2.24) is 4.90 Å². The largest absolute Gasteiger partial charge is 0.342 e. The molecule has 112 valence electrons. The Morgan fingerprint density at radius 2 is 2.10 bits per heavy atom. The Hall–Kier alpha value is -0.590. The topological polar surface area (TPSA) is 54.5 Å². The molecule has 0 saturated carbocycles. The van der Waals surface area contributed by atoms with Gasteiger partial charge in [-0.25, -0.2) is 8.42 Å². The zero-order valence-corrected chi connectivity index (χ0v) is 13.9. The van der Waals surface area contributed by atoms with Gasteiger partial charge in [0, 0.05) is 28.6 Å². The van der Waals surface area contributed by atoms with Crippen LogP contribution in [-0.4, -0.2) is 32.3 Å². The van der Waals surface area contributed by atoms with E-state index in [0.29, 0.717) is 11.8 Å². The second kappa shape index (κ2) is 6.03. The van der Waals surface area contributed by atoms with Crippen LogP contribution in [0.4, 0.5) is 0 Å². The fraction of sp³-hybridized carbons (Fsp3) is 0.615. The minimum absolute atomic E-state index is 0.0594. The lowest BCUT2D eigenvalue weighted by Crippen LogP contribution is -2.42. The first-order chi connectivity index (χ1) is 9.27. The molecule has 7 heteroatoms. The lowest BCUT2D eigenvalue weighted by molar-refractivity contribution is -0.132. The maximum Gasteiger partial charge on any atom is 0.270 e. The average molecular weight is 336 g/mol. The van der Waals surface area contributed by atoms with Crippen molar-refractivity contribution < 1.29 is 13.2 Å². The lowest BCUT2D eigenvalue weighted by Gasteiger charge is -2.35. The molecule has 1 aliphatic rings. The summed E-state index contributed by atoms with van der Waals surface area (Å²) < 4.78 is 22.5. The number of amides is 1. The van der Waals surface area contributed by atoms with Crippen LogP contribution in [0.1, 0.15) is 25.1 Å². The van der Waals surface area contributed by atoms with Crippen molar-refractivity contribution in [1.29, 1.82) is 0 Å². The molecule has 1 amide bonds. The smallest absolute Gasteiger partial charge is 0.270 e. The normalized spacial score (nSPS) is 23.9. The van der Waals surface area contributed by atoms with Crippen molar-refractivity contribution in [2.24, 2.45) is 11.8 Å². The number of rotatable bonds is 3. The van der Waals surface area contributed by atoms with E-state index in [-0.39, 0.29) is 16.5 Å². The van der Waals surface area contributed by atoms with Crippen LogP contribution in [0.3, 0.4) is 0 Å². The zero-order chi connectivity index (χ0) is 14.9. The van der Waals surface area contributed by atoms with Crippen LogP contribution in [0.2, 0.25) is 0 Å². The maximum absolute atomic E-state index is 12.2. The summed E-state index contributed by atoms with van der Waals surface area (Å²) in [6, 6.07) is 3.12. The van der Waals surface area contributed by atoms with E-state index in [1.807, 2.05) is 4.90 Å². The molecule has 4 nitrogen and oxygen atoms in total. The second-order valence-electron chi connectivity index (χ2n) is 5.42. The number of likely N-dealkylation sites (tertiary alicyclic amines) is 1. The van der Waals surface area contributed by atoms with Crippen LogP contribution in [0.5, 0.6) is 0 Å². The number of hydrogen-bond acceptors (Lipinski definition) is 4. The van der Waals surface area contributed by atoms with E-state index in [1.165, 1.54) is 6.07 Å². The van der Waals surface area contributed by atoms with E-state index in [4.69, 9.17) is 10.7 Å². The molecular formula is C13H18ClNO3S2. The molecule has 20 heavy (non-hydrogen) atoms. The molecule has 0 radical (unpaired) electrons. The second-order valence-corrected chi connectivity index (χ2v) is 9.38. The molecule has 1 aromatic rings. The molecule has 1 aliphatic heterocycles. The zero-order valence-electron chi connectivity index (χ0n) is 11.5. The molecule has 1 saturated heterocycles. The van der Waals surface area contributed by atoms with Crippen LogP contribution >= 0.6 is 22.0 Å². The molecule has 1 aromatic heterocycles. The van der Waals surface area contributed by atoms with Crippen molar-refractivity contribution in [2.45, 2.75) is 30.9 Å². The number of carbonyl (C=O) groups excluding carboxylic acids is 1. The molecule has 2 heterocycles. The standard InChI is InChI=1S/C13H18ClNO3S2/c1-9-5-6-15(8-10(9)2)12(16)7-11-3-4-13(19-11)20(14,17)18/h3-4,9-10H,5-8H2,1-2H3. The number of carbonyl (C=O) groups is 1. The molecule has 1 fully saturated rings. The highest BCUT2D eigenvalue weighted by atomic mass is 35.7. The Bertz CT molecular complexity index is 597. The van der Waals surface area contributed by atoms with E-state index >= 15 is 0 Å². The fourth-order valence-electron chi connectivity index (χ4n) is 2.33. The number of thiophene rings is 1. The van der Waals surface area contributed by atoms with E-state index < -0.39 is 9.05 Å². The van der Waals surface area contributed by atoms with Gasteiger partial charge >= 0.3 is 0 Å². The highest BCUT2D eigenvalue weighted by Crippen LogP contribution is 2.27. The Labute approximate surface area is 128 Å². The van der Waals surface area contributed by atoms with Gasteiger partial charge in [-0.1, -0.05) is 13.8 Å². The molecule has 2 unspecified atom stereocenters. The van der Waals surface area contributed by atoms with Gasteiger partial charge in [-0.15, -0.1) is 11.3 Å². The summed E-state index contributed by atoms with van der Waals surface area (Å²) in [5.74, 6) is 1.22. The quantitative estimate of drug-likeness (QED) is 0.798. The third-order valence-electron chi connectivity index (χ3n) is 3.89. The molecule has 0 spiro atoms. The predicted octanol–water partition coefficient (Wildman–Crippen LogP) is 2.72. The molecule has 0 N–H and O–H groups in total. The highest BCUT2D eigenvalue weighted by Gasteiger charge is 2.26. The van der Waals surface area contributed by atoms with Gasteiger partial charge in [-0.3, -0.25) is 4.79 Å². The third kappa shape index (κ3) is 3.74. The Morgan fingerprint density at radius 3 is 2.65 bits per heavy atom. The van der Waals surface area contributed by atoms with Gasteiger partial charge in [0.25, 0.3) is 9.05 Å². The fourth-order valence-corrected chi connectivity index (χ4v) is 4.45. The van der Waals surface area contributed by atoms with Crippen molar-refractivity contribution in [3.8, 4) is 0 Å². The summed E-state index contributed by atoms with van der Waals surface area (Å²) >= 11 is 1.07. The molecule has 2 atom stereocenters. The highest BCUT2D eigenvalue weighted by molar-refractivity contribution is 8.15. The Balaban J connectivity index is 2.00. The van der Waals surface area contributed by atoms with E-state index in [9.17, 15) is 13.2 Å². The minimum atomic E-state index is -3.69. The number of hydrogen-bond donors (Lipinski definition) is 0. The number of halogens is 1. The van der Waals surface area contributed by atoms with Gasteiger partial charge in [-0.05, 0) is 30.4 Å². The first kappa shape index (κ1) is 15.8. The third-order valence-corrected chi connectivity index (χ3v) is 7.07. The molecule has 0 aromatic carbocycles. The Morgan fingerprint density at radius 1 is 1.40 bits per heavy atom. The summed E-state index contributed by atoms with van der Waals surface area (Å²) in [4.78, 5) is 14.8. The number of piperidine rings is 1. The molecule has 0 aliphatic carbocycles. The van der Waals surface area contributed by atoms with E-state index in [2.05, 4.69) is 13.8 Å².